The van der Waals surface area contributed by atoms with E-state index >= 15 is 0 Å². The summed E-state index contributed by atoms with van der Waals surface area (Å²) in [5.74, 6) is -0.593. The van der Waals surface area contributed by atoms with Gasteiger partial charge in [-0.05, 0) is 32.6 Å². The molecule has 17 heavy (non-hydrogen) atoms. The van der Waals surface area contributed by atoms with E-state index in [1.165, 1.54) is 19.3 Å². The second-order valence-corrected chi connectivity index (χ2v) is 4.90. The Bertz CT molecular complexity index is 277. The molecule has 1 fully saturated rings. The van der Waals surface area contributed by atoms with Crippen molar-refractivity contribution in [3.8, 4) is 0 Å². The second kappa shape index (κ2) is 6.47. The van der Waals surface area contributed by atoms with E-state index in [9.17, 15) is 9.59 Å². The van der Waals surface area contributed by atoms with Gasteiger partial charge in [0.15, 0.2) is 0 Å². The maximum atomic E-state index is 11.4. The molecule has 5 nitrogen and oxygen atoms in total. The highest BCUT2D eigenvalue weighted by Crippen LogP contribution is 2.33. The lowest BCUT2D eigenvalue weighted by molar-refractivity contribution is -0.141. The van der Waals surface area contributed by atoms with Gasteiger partial charge in [0, 0.05) is 12.6 Å². The van der Waals surface area contributed by atoms with E-state index in [0.717, 1.165) is 12.3 Å². The summed E-state index contributed by atoms with van der Waals surface area (Å²) >= 11 is 0. The van der Waals surface area contributed by atoms with Gasteiger partial charge in [0.05, 0.1) is 5.92 Å². The molecule has 2 amide bonds. The fraction of sp³-hybridized carbons (Fsp3) is 0.833. The quantitative estimate of drug-likeness (QED) is 0.593. The molecule has 2 atom stereocenters. The summed E-state index contributed by atoms with van der Waals surface area (Å²) < 4.78 is 0. The lowest BCUT2D eigenvalue weighted by atomic mass is 10.0. The number of carbonyl (C=O) groups excluding carboxylic acids is 1. The first-order valence-corrected chi connectivity index (χ1v) is 6.28. The zero-order chi connectivity index (χ0) is 12.8. The molecule has 0 spiro atoms. The first-order valence-electron chi connectivity index (χ1n) is 6.28. The van der Waals surface area contributed by atoms with Gasteiger partial charge in [-0.3, -0.25) is 4.79 Å². The monoisotopic (exact) mass is 242 g/mol. The topological polar surface area (TPSA) is 78.4 Å². The first kappa shape index (κ1) is 13.8. The standard InChI is InChI=1S/C12H22N2O3/c1-8(11(15)16)9(2)14-12(17)13-7-3-4-10-5-6-10/h8-10H,3-7H2,1-2H3,(H,15,16)(H2,13,14,17). The number of carboxylic acids is 1. The Kier molecular flexibility index (Phi) is 5.25. The van der Waals surface area contributed by atoms with Crippen LogP contribution in [0.4, 0.5) is 4.79 Å². The number of carbonyl (C=O) groups is 2. The summed E-state index contributed by atoms with van der Waals surface area (Å²) in [5, 5.41) is 14.2. The lowest BCUT2D eigenvalue weighted by Gasteiger charge is -2.18. The van der Waals surface area contributed by atoms with Crippen LogP contribution in [0.1, 0.15) is 39.5 Å². The van der Waals surface area contributed by atoms with Crippen LogP contribution in [0.15, 0.2) is 0 Å². The third-order valence-electron chi connectivity index (χ3n) is 3.27. The molecule has 98 valence electrons. The van der Waals surface area contributed by atoms with Gasteiger partial charge in [-0.1, -0.05) is 12.8 Å². The van der Waals surface area contributed by atoms with Gasteiger partial charge in [0.25, 0.3) is 0 Å². The Morgan fingerprint density at radius 3 is 2.53 bits per heavy atom. The molecule has 0 aromatic heterocycles. The van der Waals surface area contributed by atoms with Crippen molar-refractivity contribution in [1.29, 1.82) is 0 Å². The molecule has 0 heterocycles. The Morgan fingerprint density at radius 1 is 1.35 bits per heavy atom. The van der Waals surface area contributed by atoms with Crippen molar-refractivity contribution in [3.05, 3.63) is 0 Å². The van der Waals surface area contributed by atoms with Gasteiger partial charge in [-0.2, -0.15) is 0 Å². The first-order chi connectivity index (χ1) is 8.00. The summed E-state index contributed by atoms with van der Waals surface area (Å²) in [4.78, 5) is 22.1. The molecule has 0 radical (unpaired) electrons. The van der Waals surface area contributed by atoms with E-state index < -0.39 is 11.9 Å². The van der Waals surface area contributed by atoms with Crippen LogP contribution in [0.2, 0.25) is 0 Å². The lowest BCUT2D eigenvalue weighted by Crippen LogP contribution is -2.45. The second-order valence-electron chi connectivity index (χ2n) is 4.90. The minimum atomic E-state index is -0.897. The van der Waals surface area contributed by atoms with E-state index in [2.05, 4.69) is 10.6 Å². The van der Waals surface area contributed by atoms with E-state index in [-0.39, 0.29) is 12.1 Å². The molecular formula is C12H22N2O3. The molecule has 1 aliphatic carbocycles. The Morgan fingerprint density at radius 2 is 2.00 bits per heavy atom. The molecule has 0 bridgehead atoms. The highest BCUT2D eigenvalue weighted by atomic mass is 16.4. The minimum Gasteiger partial charge on any atom is -0.481 e. The average molecular weight is 242 g/mol. The van der Waals surface area contributed by atoms with Gasteiger partial charge >= 0.3 is 12.0 Å². The molecule has 1 rings (SSSR count). The van der Waals surface area contributed by atoms with E-state index in [1.54, 1.807) is 13.8 Å². The smallest absolute Gasteiger partial charge is 0.315 e. The summed E-state index contributed by atoms with van der Waals surface area (Å²) in [6.45, 7) is 3.94. The predicted molar refractivity (Wildman–Crippen MR) is 64.8 cm³/mol. The van der Waals surface area contributed by atoms with Crippen LogP contribution >= 0.6 is 0 Å². The number of hydrogen-bond donors (Lipinski definition) is 3. The highest BCUT2D eigenvalue weighted by molar-refractivity contribution is 5.76. The van der Waals surface area contributed by atoms with Crippen molar-refractivity contribution in [1.82, 2.24) is 10.6 Å². The van der Waals surface area contributed by atoms with Crippen molar-refractivity contribution in [2.24, 2.45) is 11.8 Å². The molecular weight excluding hydrogens is 220 g/mol. The molecule has 1 saturated carbocycles. The van der Waals surface area contributed by atoms with Crippen LogP contribution in [0, 0.1) is 11.8 Å². The maximum absolute atomic E-state index is 11.4. The van der Waals surface area contributed by atoms with E-state index in [0.29, 0.717) is 6.54 Å². The number of nitrogens with one attached hydrogen (secondary N) is 2. The molecule has 0 aromatic rings. The van der Waals surface area contributed by atoms with Gasteiger partial charge in [0.2, 0.25) is 0 Å². The minimum absolute atomic E-state index is 0.276. The largest absolute Gasteiger partial charge is 0.481 e. The predicted octanol–water partition coefficient (Wildman–Crippen LogP) is 1.58. The van der Waals surface area contributed by atoms with Crippen molar-refractivity contribution in [2.45, 2.75) is 45.6 Å². The van der Waals surface area contributed by atoms with E-state index in [4.69, 9.17) is 5.11 Å². The van der Waals surface area contributed by atoms with Crippen molar-refractivity contribution in [2.75, 3.05) is 6.54 Å². The fourth-order valence-corrected chi connectivity index (χ4v) is 1.60. The van der Waals surface area contributed by atoms with Crippen molar-refractivity contribution in [3.63, 3.8) is 0 Å². The number of amides is 2. The molecule has 0 aromatic carbocycles. The van der Waals surface area contributed by atoms with Crippen LogP contribution in [-0.2, 0) is 4.79 Å². The van der Waals surface area contributed by atoms with Crippen LogP contribution in [-0.4, -0.2) is 29.7 Å². The summed E-state index contributed by atoms with van der Waals surface area (Å²) in [7, 11) is 0. The molecule has 1 aliphatic rings. The molecule has 3 N–H and O–H groups in total. The maximum Gasteiger partial charge on any atom is 0.315 e. The third-order valence-corrected chi connectivity index (χ3v) is 3.27. The van der Waals surface area contributed by atoms with Crippen LogP contribution in [0.5, 0.6) is 0 Å². The highest BCUT2D eigenvalue weighted by Gasteiger charge is 2.21. The normalized spacial score (nSPS) is 18.2. The van der Waals surface area contributed by atoms with Crippen molar-refractivity contribution < 1.29 is 14.7 Å². The number of rotatable bonds is 7. The third kappa shape index (κ3) is 5.56. The Balaban J connectivity index is 2.07. The molecule has 5 heteroatoms. The van der Waals surface area contributed by atoms with Gasteiger partial charge in [-0.15, -0.1) is 0 Å². The number of urea groups is 1. The fourth-order valence-electron chi connectivity index (χ4n) is 1.60. The molecule has 0 saturated heterocycles. The number of aliphatic carboxylic acids is 1. The summed E-state index contributed by atoms with van der Waals surface area (Å²) in [6.07, 6.45) is 4.85. The van der Waals surface area contributed by atoms with Crippen LogP contribution in [0.3, 0.4) is 0 Å². The Hall–Kier alpha value is -1.26. The van der Waals surface area contributed by atoms with Crippen LogP contribution < -0.4 is 10.6 Å². The van der Waals surface area contributed by atoms with Gasteiger partial charge in [0.1, 0.15) is 0 Å². The zero-order valence-electron chi connectivity index (χ0n) is 10.5. The summed E-state index contributed by atoms with van der Waals surface area (Å²) in [5.41, 5.74) is 0. The van der Waals surface area contributed by atoms with Gasteiger partial charge in [-0.25, -0.2) is 4.79 Å². The van der Waals surface area contributed by atoms with Gasteiger partial charge < -0.3 is 15.7 Å². The molecule has 0 aliphatic heterocycles. The van der Waals surface area contributed by atoms with Crippen molar-refractivity contribution >= 4 is 12.0 Å². The number of carboxylic acid groups (broad SMARTS) is 1. The van der Waals surface area contributed by atoms with Crippen LogP contribution in [0.25, 0.3) is 0 Å². The average Bonchev–Trinajstić information content (AvgIpc) is 3.06. The SMILES string of the molecule is CC(NC(=O)NCCCC1CC1)C(C)C(=O)O. The number of hydrogen-bond acceptors (Lipinski definition) is 2. The summed E-state index contributed by atoms with van der Waals surface area (Å²) in [6, 6.07) is -0.641. The Labute approximate surface area is 102 Å². The van der Waals surface area contributed by atoms with E-state index in [1.807, 2.05) is 0 Å². The molecule has 2 unspecified atom stereocenters. The zero-order valence-corrected chi connectivity index (χ0v) is 10.5.